The Morgan fingerprint density at radius 2 is 2.12 bits per heavy atom. The summed E-state index contributed by atoms with van der Waals surface area (Å²) < 4.78 is 0. The maximum absolute atomic E-state index is 10.4. The van der Waals surface area contributed by atoms with Crippen molar-refractivity contribution in [2.24, 2.45) is 11.0 Å². The van der Waals surface area contributed by atoms with E-state index in [1.807, 2.05) is 6.21 Å². The van der Waals surface area contributed by atoms with Gasteiger partial charge in [0.05, 0.1) is 10.6 Å². The predicted molar refractivity (Wildman–Crippen MR) is 62.6 cm³/mol. The lowest BCUT2D eigenvalue weighted by Crippen LogP contribution is -1.91. The van der Waals surface area contributed by atoms with Crippen LogP contribution in [0.15, 0.2) is 29.4 Å². The molecule has 0 bridgehead atoms. The Bertz CT molecular complexity index is 396. The molecule has 84 valence electrons. The second-order valence-corrected chi connectivity index (χ2v) is 3.91. The molecule has 1 aliphatic rings. The van der Waals surface area contributed by atoms with Gasteiger partial charge >= 0.3 is 0 Å². The lowest BCUT2D eigenvalue weighted by molar-refractivity contribution is -0.384. The molecule has 0 unspecified atom stereocenters. The van der Waals surface area contributed by atoms with Gasteiger partial charge in [0.25, 0.3) is 5.69 Å². The molecule has 5 nitrogen and oxygen atoms in total. The van der Waals surface area contributed by atoms with E-state index in [4.69, 9.17) is 0 Å². The van der Waals surface area contributed by atoms with E-state index in [0.29, 0.717) is 0 Å². The molecular weight excluding hydrogens is 206 g/mol. The molecule has 16 heavy (non-hydrogen) atoms. The second kappa shape index (κ2) is 4.74. The van der Waals surface area contributed by atoms with Gasteiger partial charge in [0.1, 0.15) is 0 Å². The number of hydrazone groups is 1. The second-order valence-electron chi connectivity index (χ2n) is 3.91. The van der Waals surface area contributed by atoms with E-state index >= 15 is 0 Å². The van der Waals surface area contributed by atoms with Gasteiger partial charge in [-0.3, -0.25) is 15.5 Å². The maximum Gasteiger partial charge on any atom is 0.269 e. The first kappa shape index (κ1) is 10.6. The van der Waals surface area contributed by atoms with Gasteiger partial charge in [-0.2, -0.15) is 5.10 Å². The third kappa shape index (κ3) is 3.05. The molecule has 1 aliphatic carbocycles. The van der Waals surface area contributed by atoms with Gasteiger partial charge < -0.3 is 0 Å². The first-order chi connectivity index (χ1) is 7.75. The molecule has 1 aromatic carbocycles. The minimum atomic E-state index is -0.417. The van der Waals surface area contributed by atoms with Gasteiger partial charge in [-0.05, 0) is 37.3 Å². The van der Waals surface area contributed by atoms with Crippen LogP contribution < -0.4 is 5.43 Å². The highest BCUT2D eigenvalue weighted by Gasteiger charge is 2.19. The molecular formula is C11H13N3O2. The Morgan fingerprint density at radius 1 is 1.44 bits per heavy atom. The lowest BCUT2D eigenvalue weighted by atomic mass is 10.3. The summed E-state index contributed by atoms with van der Waals surface area (Å²) in [6.07, 6.45) is 5.49. The highest BCUT2D eigenvalue weighted by atomic mass is 16.6. The average Bonchev–Trinajstić information content (AvgIpc) is 3.09. The quantitative estimate of drug-likeness (QED) is 0.470. The minimum Gasteiger partial charge on any atom is -0.279 e. The summed E-state index contributed by atoms with van der Waals surface area (Å²) in [7, 11) is 0. The third-order valence-electron chi connectivity index (χ3n) is 2.50. The highest BCUT2D eigenvalue weighted by Crippen LogP contribution is 2.31. The van der Waals surface area contributed by atoms with Crippen LogP contribution in [0.4, 0.5) is 11.4 Å². The number of rotatable bonds is 5. The Morgan fingerprint density at radius 3 is 2.69 bits per heavy atom. The number of non-ortho nitro benzene ring substituents is 1. The number of nitrogens with one attached hydrogen (secondary N) is 1. The molecule has 0 radical (unpaired) electrons. The van der Waals surface area contributed by atoms with Crippen LogP contribution in [0.2, 0.25) is 0 Å². The monoisotopic (exact) mass is 219 g/mol. The smallest absolute Gasteiger partial charge is 0.269 e. The van der Waals surface area contributed by atoms with E-state index in [-0.39, 0.29) is 5.69 Å². The van der Waals surface area contributed by atoms with E-state index in [1.54, 1.807) is 12.1 Å². The largest absolute Gasteiger partial charge is 0.279 e. The van der Waals surface area contributed by atoms with Crippen LogP contribution >= 0.6 is 0 Å². The Balaban J connectivity index is 1.84. The fraction of sp³-hybridized carbons (Fsp3) is 0.364. The molecule has 0 amide bonds. The lowest BCUT2D eigenvalue weighted by Gasteiger charge is -1.98. The van der Waals surface area contributed by atoms with Crippen molar-refractivity contribution in [1.82, 2.24) is 0 Å². The summed E-state index contributed by atoms with van der Waals surface area (Å²) in [5.41, 5.74) is 3.69. The molecule has 0 aliphatic heterocycles. The van der Waals surface area contributed by atoms with Crippen LogP contribution in [0, 0.1) is 16.0 Å². The van der Waals surface area contributed by atoms with E-state index < -0.39 is 4.92 Å². The van der Waals surface area contributed by atoms with Crippen molar-refractivity contribution in [2.75, 3.05) is 5.43 Å². The van der Waals surface area contributed by atoms with Crippen molar-refractivity contribution in [3.63, 3.8) is 0 Å². The average molecular weight is 219 g/mol. The number of nitrogens with zero attached hydrogens (tertiary/aromatic N) is 2. The zero-order valence-corrected chi connectivity index (χ0v) is 8.80. The first-order valence-electron chi connectivity index (χ1n) is 5.27. The summed E-state index contributed by atoms with van der Waals surface area (Å²) in [4.78, 5) is 9.99. The van der Waals surface area contributed by atoms with Crippen molar-refractivity contribution in [3.05, 3.63) is 34.4 Å². The molecule has 0 atom stereocenters. The molecule has 5 heteroatoms. The molecule has 0 saturated heterocycles. The summed E-state index contributed by atoms with van der Waals surface area (Å²) in [6, 6.07) is 6.21. The summed E-state index contributed by atoms with van der Waals surface area (Å²) in [5, 5.41) is 14.5. The van der Waals surface area contributed by atoms with E-state index in [1.165, 1.54) is 25.0 Å². The Labute approximate surface area is 93.3 Å². The van der Waals surface area contributed by atoms with Crippen LogP contribution in [-0.2, 0) is 0 Å². The fourth-order valence-corrected chi connectivity index (χ4v) is 1.33. The Hall–Kier alpha value is -1.91. The van der Waals surface area contributed by atoms with E-state index in [2.05, 4.69) is 10.5 Å². The molecule has 0 spiro atoms. The van der Waals surface area contributed by atoms with Crippen molar-refractivity contribution in [3.8, 4) is 0 Å². The first-order valence-corrected chi connectivity index (χ1v) is 5.27. The van der Waals surface area contributed by atoms with E-state index in [0.717, 1.165) is 18.0 Å². The number of anilines is 1. The number of benzene rings is 1. The standard InChI is InChI=1S/C11H13N3O2/c15-14(16)11-5-3-10(4-6-11)13-12-8-7-9-1-2-9/h3-6,8-9,13H,1-2,7H2/b12-8+. The molecule has 1 N–H and O–H groups in total. The van der Waals surface area contributed by atoms with Crippen LogP contribution in [0.3, 0.4) is 0 Å². The van der Waals surface area contributed by atoms with Gasteiger partial charge in [-0.1, -0.05) is 0 Å². The normalized spacial score (nSPS) is 15.2. The van der Waals surface area contributed by atoms with Crippen molar-refractivity contribution in [1.29, 1.82) is 0 Å². The van der Waals surface area contributed by atoms with Gasteiger partial charge in [0, 0.05) is 18.3 Å². The fourth-order valence-electron chi connectivity index (χ4n) is 1.33. The topological polar surface area (TPSA) is 67.5 Å². The molecule has 2 rings (SSSR count). The zero-order valence-electron chi connectivity index (χ0n) is 8.80. The number of nitro groups is 1. The van der Waals surface area contributed by atoms with Crippen molar-refractivity contribution >= 4 is 17.6 Å². The predicted octanol–water partition coefficient (Wildman–Crippen LogP) is 2.79. The van der Waals surface area contributed by atoms with Gasteiger partial charge in [-0.15, -0.1) is 0 Å². The molecule has 0 heterocycles. The number of hydrogen-bond acceptors (Lipinski definition) is 4. The Kier molecular flexibility index (Phi) is 3.14. The van der Waals surface area contributed by atoms with Crippen LogP contribution in [0.5, 0.6) is 0 Å². The SMILES string of the molecule is O=[N+]([O-])c1ccc(N/N=C/CC2CC2)cc1. The van der Waals surface area contributed by atoms with E-state index in [9.17, 15) is 10.1 Å². The van der Waals surface area contributed by atoms with Crippen LogP contribution in [0.1, 0.15) is 19.3 Å². The molecule has 1 saturated carbocycles. The van der Waals surface area contributed by atoms with Crippen molar-refractivity contribution in [2.45, 2.75) is 19.3 Å². The number of nitro benzene ring substituents is 1. The van der Waals surface area contributed by atoms with Gasteiger partial charge in [0.2, 0.25) is 0 Å². The van der Waals surface area contributed by atoms with Gasteiger partial charge in [0.15, 0.2) is 0 Å². The number of hydrogen-bond donors (Lipinski definition) is 1. The highest BCUT2D eigenvalue weighted by molar-refractivity contribution is 5.60. The molecule has 1 aromatic rings. The van der Waals surface area contributed by atoms with Gasteiger partial charge in [-0.25, -0.2) is 0 Å². The third-order valence-corrected chi connectivity index (χ3v) is 2.50. The summed E-state index contributed by atoms with van der Waals surface area (Å²) in [5.74, 6) is 0.822. The van der Waals surface area contributed by atoms with Crippen LogP contribution in [-0.4, -0.2) is 11.1 Å². The summed E-state index contributed by atoms with van der Waals surface area (Å²) in [6.45, 7) is 0. The molecule has 0 aromatic heterocycles. The minimum absolute atomic E-state index is 0.0903. The maximum atomic E-state index is 10.4. The molecule has 1 fully saturated rings. The zero-order chi connectivity index (χ0) is 11.4. The van der Waals surface area contributed by atoms with Crippen molar-refractivity contribution < 1.29 is 4.92 Å². The van der Waals surface area contributed by atoms with Crippen LogP contribution in [0.25, 0.3) is 0 Å². The summed E-state index contributed by atoms with van der Waals surface area (Å²) >= 11 is 0.